The quantitative estimate of drug-likeness (QED) is 0.621. The number of ether oxygens (including phenoxy) is 1. The minimum absolute atomic E-state index is 0.272. The average molecular weight is 293 g/mol. The van der Waals surface area contributed by atoms with Gasteiger partial charge in [0.25, 0.3) is 0 Å². The number of carboxylic acid groups (broad SMARTS) is 1. The molecule has 0 bridgehead atoms. The maximum atomic E-state index is 11.0. The van der Waals surface area contributed by atoms with Crippen molar-refractivity contribution >= 4 is 11.7 Å². The van der Waals surface area contributed by atoms with Gasteiger partial charge in [-0.1, -0.05) is 39.0 Å². The van der Waals surface area contributed by atoms with Crippen molar-refractivity contribution in [2.45, 2.75) is 58.4 Å². The molecule has 0 aliphatic carbocycles. The van der Waals surface area contributed by atoms with Crippen LogP contribution in [0.4, 0.5) is 5.69 Å². The first-order chi connectivity index (χ1) is 10.1. The first kappa shape index (κ1) is 17.3. The third kappa shape index (κ3) is 6.06. The van der Waals surface area contributed by atoms with E-state index in [4.69, 9.17) is 9.84 Å². The van der Waals surface area contributed by atoms with Crippen molar-refractivity contribution in [3.05, 3.63) is 23.8 Å². The van der Waals surface area contributed by atoms with E-state index in [-0.39, 0.29) is 5.56 Å². The molecule has 1 aromatic carbocycles. The largest absolute Gasteiger partial charge is 0.495 e. The number of carbonyl (C=O) groups is 1. The zero-order chi connectivity index (χ0) is 15.7. The Kier molecular flexibility index (Phi) is 7.65. The van der Waals surface area contributed by atoms with Gasteiger partial charge in [-0.3, -0.25) is 0 Å². The summed E-state index contributed by atoms with van der Waals surface area (Å²) in [6.07, 6.45) is 7.37. The number of unbranched alkanes of at least 4 members (excludes halogenated alkanes) is 4. The summed E-state index contributed by atoms with van der Waals surface area (Å²) in [5.74, 6) is -0.245. The molecule has 4 heteroatoms. The molecule has 0 aliphatic rings. The predicted octanol–water partition coefficient (Wildman–Crippen LogP) is 4.55. The van der Waals surface area contributed by atoms with E-state index in [1.54, 1.807) is 25.3 Å². The SMILES string of the molecule is CCCCCCCC(C)Nc1cc(C(=O)O)ccc1OC. The number of carboxylic acids is 1. The number of aromatic carboxylic acids is 1. The molecule has 0 spiro atoms. The Labute approximate surface area is 127 Å². The van der Waals surface area contributed by atoms with Crippen molar-refractivity contribution in [3.8, 4) is 5.75 Å². The maximum absolute atomic E-state index is 11.0. The molecule has 0 radical (unpaired) electrons. The zero-order valence-electron chi connectivity index (χ0n) is 13.3. The first-order valence-electron chi connectivity index (χ1n) is 7.76. The maximum Gasteiger partial charge on any atom is 0.335 e. The Morgan fingerprint density at radius 3 is 2.62 bits per heavy atom. The summed E-state index contributed by atoms with van der Waals surface area (Å²) in [5, 5.41) is 12.4. The Hall–Kier alpha value is -1.71. The predicted molar refractivity (Wildman–Crippen MR) is 86.4 cm³/mol. The smallest absolute Gasteiger partial charge is 0.335 e. The standard InChI is InChI=1S/C17H27NO3/c1-4-5-6-7-8-9-13(2)18-15-12-14(17(19)20)10-11-16(15)21-3/h10-13,18H,4-9H2,1-3H3,(H,19,20). The summed E-state index contributed by atoms with van der Waals surface area (Å²) in [7, 11) is 1.59. The van der Waals surface area contributed by atoms with Crippen LogP contribution in [0, 0.1) is 0 Å². The molecule has 4 nitrogen and oxygen atoms in total. The number of hydrogen-bond donors (Lipinski definition) is 2. The summed E-state index contributed by atoms with van der Waals surface area (Å²) >= 11 is 0. The third-order valence-electron chi connectivity index (χ3n) is 3.59. The fraction of sp³-hybridized carbons (Fsp3) is 0.588. The normalized spacial score (nSPS) is 12.0. The molecule has 1 aromatic rings. The Bertz CT molecular complexity index is 446. The van der Waals surface area contributed by atoms with Crippen LogP contribution in [0.15, 0.2) is 18.2 Å². The highest BCUT2D eigenvalue weighted by Crippen LogP contribution is 2.27. The Morgan fingerprint density at radius 1 is 1.29 bits per heavy atom. The van der Waals surface area contributed by atoms with Crippen LogP contribution in [0.3, 0.4) is 0 Å². The molecule has 118 valence electrons. The van der Waals surface area contributed by atoms with Gasteiger partial charge in [0, 0.05) is 6.04 Å². The lowest BCUT2D eigenvalue weighted by atomic mass is 10.1. The number of methoxy groups -OCH3 is 1. The molecule has 2 N–H and O–H groups in total. The van der Waals surface area contributed by atoms with Gasteiger partial charge in [-0.2, -0.15) is 0 Å². The van der Waals surface area contributed by atoms with Crippen molar-refractivity contribution in [2.75, 3.05) is 12.4 Å². The minimum atomic E-state index is -0.923. The van der Waals surface area contributed by atoms with Crippen molar-refractivity contribution in [1.82, 2.24) is 0 Å². The molecule has 0 saturated heterocycles. The number of nitrogens with one attached hydrogen (secondary N) is 1. The van der Waals surface area contributed by atoms with E-state index in [0.29, 0.717) is 11.8 Å². The van der Waals surface area contributed by atoms with Gasteiger partial charge in [0.05, 0.1) is 18.4 Å². The van der Waals surface area contributed by atoms with E-state index in [0.717, 1.165) is 12.1 Å². The lowest BCUT2D eigenvalue weighted by molar-refractivity contribution is 0.0697. The number of rotatable bonds is 10. The molecular weight excluding hydrogens is 266 g/mol. The van der Waals surface area contributed by atoms with Gasteiger partial charge in [-0.05, 0) is 31.5 Å². The van der Waals surface area contributed by atoms with Gasteiger partial charge in [-0.15, -0.1) is 0 Å². The Balaban J connectivity index is 2.55. The molecule has 1 unspecified atom stereocenters. The summed E-state index contributed by atoms with van der Waals surface area (Å²) in [4.78, 5) is 11.0. The molecule has 0 fully saturated rings. The molecule has 0 aromatic heterocycles. The molecule has 0 amide bonds. The summed E-state index contributed by atoms with van der Waals surface area (Å²) < 4.78 is 5.28. The van der Waals surface area contributed by atoms with Gasteiger partial charge in [0.1, 0.15) is 5.75 Å². The van der Waals surface area contributed by atoms with Crippen LogP contribution in [0.25, 0.3) is 0 Å². The topological polar surface area (TPSA) is 58.6 Å². The second-order valence-corrected chi connectivity index (χ2v) is 5.47. The highest BCUT2D eigenvalue weighted by molar-refractivity contribution is 5.89. The van der Waals surface area contributed by atoms with E-state index in [1.165, 1.54) is 32.1 Å². The van der Waals surface area contributed by atoms with Crippen LogP contribution in [-0.4, -0.2) is 24.2 Å². The molecule has 1 atom stereocenters. The van der Waals surface area contributed by atoms with Crippen molar-refractivity contribution in [2.24, 2.45) is 0 Å². The van der Waals surface area contributed by atoms with Crippen LogP contribution in [-0.2, 0) is 0 Å². The summed E-state index contributed by atoms with van der Waals surface area (Å²) in [5.41, 5.74) is 1.02. The number of hydrogen-bond acceptors (Lipinski definition) is 3. The molecular formula is C17H27NO3. The van der Waals surface area contributed by atoms with Gasteiger partial charge in [0.15, 0.2) is 0 Å². The molecule has 0 aliphatic heterocycles. The van der Waals surface area contributed by atoms with Gasteiger partial charge >= 0.3 is 5.97 Å². The van der Waals surface area contributed by atoms with E-state index in [9.17, 15) is 4.79 Å². The van der Waals surface area contributed by atoms with Crippen molar-refractivity contribution < 1.29 is 14.6 Å². The van der Waals surface area contributed by atoms with E-state index < -0.39 is 5.97 Å². The lowest BCUT2D eigenvalue weighted by Crippen LogP contribution is -2.16. The van der Waals surface area contributed by atoms with Gasteiger partial charge in [-0.25, -0.2) is 4.79 Å². The first-order valence-corrected chi connectivity index (χ1v) is 7.76. The van der Waals surface area contributed by atoms with E-state index in [1.807, 2.05) is 0 Å². The van der Waals surface area contributed by atoms with Gasteiger partial charge in [0.2, 0.25) is 0 Å². The second-order valence-electron chi connectivity index (χ2n) is 5.47. The Morgan fingerprint density at radius 2 is 2.00 bits per heavy atom. The average Bonchev–Trinajstić information content (AvgIpc) is 2.46. The number of anilines is 1. The highest BCUT2D eigenvalue weighted by Gasteiger charge is 2.11. The zero-order valence-corrected chi connectivity index (χ0v) is 13.3. The number of benzene rings is 1. The van der Waals surface area contributed by atoms with Crippen LogP contribution in [0.5, 0.6) is 5.75 Å². The monoisotopic (exact) mass is 293 g/mol. The molecule has 21 heavy (non-hydrogen) atoms. The van der Waals surface area contributed by atoms with Crippen LogP contribution in [0.2, 0.25) is 0 Å². The fourth-order valence-electron chi connectivity index (χ4n) is 2.35. The molecule has 0 heterocycles. The van der Waals surface area contributed by atoms with Gasteiger partial charge < -0.3 is 15.2 Å². The van der Waals surface area contributed by atoms with Crippen LogP contribution >= 0.6 is 0 Å². The van der Waals surface area contributed by atoms with Crippen molar-refractivity contribution in [1.29, 1.82) is 0 Å². The molecule has 1 rings (SSSR count). The van der Waals surface area contributed by atoms with Crippen LogP contribution in [0.1, 0.15) is 62.7 Å². The van der Waals surface area contributed by atoms with E-state index in [2.05, 4.69) is 19.2 Å². The highest BCUT2D eigenvalue weighted by atomic mass is 16.5. The molecule has 0 saturated carbocycles. The minimum Gasteiger partial charge on any atom is -0.495 e. The van der Waals surface area contributed by atoms with E-state index >= 15 is 0 Å². The summed E-state index contributed by atoms with van der Waals surface area (Å²) in [6, 6.07) is 5.18. The summed E-state index contributed by atoms with van der Waals surface area (Å²) in [6.45, 7) is 4.33. The van der Waals surface area contributed by atoms with Crippen molar-refractivity contribution in [3.63, 3.8) is 0 Å². The van der Waals surface area contributed by atoms with Crippen LogP contribution < -0.4 is 10.1 Å². The fourth-order valence-corrected chi connectivity index (χ4v) is 2.35. The second kappa shape index (κ2) is 9.27. The third-order valence-corrected chi connectivity index (χ3v) is 3.59. The lowest BCUT2D eigenvalue weighted by Gasteiger charge is -2.18.